The summed E-state index contributed by atoms with van der Waals surface area (Å²) in [5.74, 6) is -1.12. The van der Waals surface area contributed by atoms with Gasteiger partial charge in [0.05, 0.1) is 6.42 Å². The molecule has 1 aliphatic rings. The number of rotatable bonds is 4. The van der Waals surface area contributed by atoms with Gasteiger partial charge in [0.25, 0.3) is 0 Å². The minimum absolute atomic E-state index is 0.154. The predicted molar refractivity (Wildman–Crippen MR) is 108 cm³/mol. The van der Waals surface area contributed by atoms with Crippen LogP contribution >= 0.6 is 0 Å². The Morgan fingerprint density at radius 3 is 2.11 bits per heavy atom. The Bertz CT molecular complexity index is 891. The summed E-state index contributed by atoms with van der Waals surface area (Å²) >= 11 is 0. The van der Waals surface area contributed by atoms with Gasteiger partial charge in [-0.25, -0.2) is 0 Å². The first-order chi connectivity index (χ1) is 12.8. The molecule has 0 saturated carbocycles. The molecule has 142 valence electrons. The highest BCUT2D eigenvalue weighted by molar-refractivity contribution is 6.02. The largest absolute Gasteiger partial charge is 0.481 e. The van der Waals surface area contributed by atoms with E-state index in [0.717, 1.165) is 33.6 Å². The Balaban J connectivity index is 2.00. The van der Waals surface area contributed by atoms with Gasteiger partial charge in [0.1, 0.15) is 6.04 Å². The number of aliphatic carboxylic acids is 1. The number of amides is 1. The fourth-order valence-electron chi connectivity index (χ4n) is 3.72. The van der Waals surface area contributed by atoms with Crippen LogP contribution in [0.5, 0.6) is 0 Å². The third kappa shape index (κ3) is 3.82. The number of piperazine rings is 1. The zero-order valence-electron chi connectivity index (χ0n) is 16.3. The maximum atomic E-state index is 13.3. The predicted octanol–water partition coefficient (Wildman–Crippen LogP) is 3.62. The van der Waals surface area contributed by atoms with E-state index in [4.69, 9.17) is 0 Å². The molecule has 5 nitrogen and oxygen atoms in total. The number of aryl methyl sites for hydroxylation is 4. The van der Waals surface area contributed by atoms with E-state index in [1.54, 1.807) is 4.90 Å². The number of carbonyl (C=O) groups is 2. The van der Waals surface area contributed by atoms with Crippen molar-refractivity contribution in [3.8, 4) is 0 Å². The highest BCUT2D eigenvalue weighted by Gasteiger charge is 2.38. The summed E-state index contributed by atoms with van der Waals surface area (Å²) < 4.78 is 0. The van der Waals surface area contributed by atoms with Gasteiger partial charge in [0.2, 0.25) is 5.91 Å². The van der Waals surface area contributed by atoms with Gasteiger partial charge in [0, 0.05) is 24.5 Å². The molecular weight excluding hydrogens is 340 g/mol. The van der Waals surface area contributed by atoms with Gasteiger partial charge in [-0.05, 0) is 62.1 Å². The summed E-state index contributed by atoms with van der Waals surface area (Å²) in [7, 11) is 0. The Labute approximate surface area is 160 Å². The van der Waals surface area contributed by atoms with Crippen LogP contribution < -0.4 is 9.80 Å². The lowest BCUT2D eigenvalue weighted by Crippen LogP contribution is -2.58. The second-order valence-electron chi connectivity index (χ2n) is 7.38. The lowest BCUT2D eigenvalue weighted by atomic mass is 10.0. The summed E-state index contributed by atoms with van der Waals surface area (Å²) in [6, 6.07) is 11.4. The van der Waals surface area contributed by atoms with Crippen molar-refractivity contribution in [3.63, 3.8) is 0 Å². The van der Waals surface area contributed by atoms with Crippen LogP contribution in [0.15, 0.2) is 36.4 Å². The van der Waals surface area contributed by atoms with Crippen LogP contribution in [-0.4, -0.2) is 36.1 Å². The van der Waals surface area contributed by atoms with Crippen molar-refractivity contribution < 1.29 is 14.7 Å². The lowest BCUT2D eigenvalue weighted by Gasteiger charge is -2.42. The van der Waals surface area contributed by atoms with Crippen molar-refractivity contribution in [1.29, 1.82) is 0 Å². The molecule has 5 heteroatoms. The van der Waals surface area contributed by atoms with Crippen molar-refractivity contribution in [1.82, 2.24) is 0 Å². The molecule has 0 bridgehead atoms. The molecule has 1 heterocycles. The normalized spacial score (nSPS) is 17.3. The summed E-state index contributed by atoms with van der Waals surface area (Å²) in [6.07, 6.45) is -0.215. The van der Waals surface area contributed by atoms with Crippen LogP contribution in [0.1, 0.15) is 28.7 Å². The quantitative estimate of drug-likeness (QED) is 0.898. The number of benzene rings is 2. The van der Waals surface area contributed by atoms with Crippen LogP contribution in [0.3, 0.4) is 0 Å². The molecular formula is C22H26N2O3. The van der Waals surface area contributed by atoms with Crippen LogP contribution in [0, 0.1) is 27.7 Å². The zero-order chi connectivity index (χ0) is 19.7. The molecule has 1 saturated heterocycles. The van der Waals surface area contributed by atoms with Gasteiger partial charge >= 0.3 is 5.97 Å². The summed E-state index contributed by atoms with van der Waals surface area (Å²) in [6.45, 7) is 9.10. The van der Waals surface area contributed by atoms with Crippen molar-refractivity contribution in [2.45, 2.75) is 40.2 Å². The maximum Gasteiger partial charge on any atom is 0.305 e. The molecule has 27 heavy (non-hydrogen) atoms. The smallest absolute Gasteiger partial charge is 0.305 e. The monoisotopic (exact) mass is 366 g/mol. The average Bonchev–Trinajstić information content (AvgIpc) is 2.61. The van der Waals surface area contributed by atoms with Gasteiger partial charge in [-0.3, -0.25) is 9.59 Å². The first-order valence-electron chi connectivity index (χ1n) is 9.22. The van der Waals surface area contributed by atoms with Gasteiger partial charge in [-0.15, -0.1) is 0 Å². The minimum atomic E-state index is -0.966. The van der Waals surface area contributed by atoms with E-state index in [0.29, 0.717) is 13.1 Å². The standard InChI is InChI=1S/C22H26N2O3/c1-14-5-7-16(3)18(11-14)23-9-10-24(22(27)20(23)13-21(25)26)19-12-15(2)6-8-17(19)4/h5-8,11-12,20H,9-10,13H2,1-4H3,(H,25,26). The molecule has 2 aromatic rings. The molecule has 0 spiro atoms. The summed E-state index contributed by atoms with van der Waals surface area (Å²) in [5.41, 5.74) is 6.04. The van der Waals surface area contributed by atoms with Gasteiger partial charge in [-0.2, -0.15) is 0 Å². The van der Waals surface area contributed by atoms with Gasteiger partial charge in [-0.1, -0.05) is 24.3 Å². The third-order valence-electron chi connectivity index (χ3n) is 5.19. The summed E-state index contributed by atoms with van der Waals surface area (Å²) in [5, 5.41) is 9.43. The molecule has 1 atom stereocenters. The van der Waals surface area contributed by atoms with Crippen molar-refractivity contribution in [2.24, 2.45) is 0 Å². The molecule has 1 aliphatic heterocycles. The number of carboxylic acid groups (broad SMARTS) is 1. The molecule has 2 aromatic carbocycles. The topological polar surface area (TPSA) is 60.9 Å². The van der Waals surface area contributed by atoms with Gasteiger partial charge in [0.15, 0.2) is 0 Å². The van der Waals surface area contributed by atoms with E-state index in [1.165, 1.54) is 0 Å². The fraction of sp³-hybridized carbons (Fsp3) is 0.364. The molecule has 1 amide bonds. The number of nitrogens with zero attached hydrogens (tertiary/aromatic N) is 2. The second-order valence-corrected chi connectivity index (χ2v) is 7.38. The molecule has 0 aromatic heterocycles. The minimum Gasteiger partial charge on any atom is -0.481 e. The van der Waals surface area contributed by atoms with Crippen molar-refractivity contribution >= 4 is 23.3 Å². The number of anilines is 2. The van der Waals surface area contributed by atoms with Crippen LogP contribution in [0.2, 0.25) is 0 Å². The molecule has 1 fully saturated rings. The molecule has 0 aliphatic carbocycles. The van der Waals surface area contributed by atoms with Gasteiger partial charge < -0.3 is 14.9 Å². The van der Waals surface area contributed by atoms with Crippen LogP contribution in [0.4, 0.5) is 11.4 Å². The zero-order valence-corrected chi connectivity index (χ0v) is 16.3. The van der Waals surface area contributed by atoms with E-state index < -0.39 is 12.0 Å². The summed E-state index contributed by atoms with van der Waals surface area (Å²) in [4.78, 5) is 28.5. The van der Waals surface area contributed by atoms with E-state index in [1.807, 2.05) is 69.0 Å². The highest BCUT2D eigenvalue weighted by atomic mass is 16.4. The highest BCUT2D eigenvalue weighted by Crippen LogP contribution is 2.31. The molecule has 1 N–H and O–H groups in total. The Morgan fingerprint density at radius 1 is 0.963 bits per heavy atom. The van der Waals surface area contributed by atoms with E-state index in [2.05, 4.69) is 0 Å². The number of carboxylic acids is 1. The van der Waals surface area contributed by atoms with Crippen LogP contribution in [-0.2, 0) is 9.59 Å². The first-order valence-corrected chi connectivity index (χ1v) is 9.22. The molecule has 0 radical (unpaired) electrons. The van der Waals surface area contributed by atoms with Crippen LogP contribution in [0.25, 0.3) is 0 Å². The van der Waals surface area contributed by atoms with Crippen molar-refractivity contribution in [2.75, 3.05) is 22.9 Å². The molecule has 3 rings (SSSR count). The van der Waals surface area contributed by atoms with E-state index in [-0.39, 0.29) is 12.3 Å². The van der Waals surface area contributed by atoms with E-state index in [9.17, 15) is 14.7 Å². The Morgan fingerprint density at radius 2 is 1.52 bits per heavy atom. The maximum absolute atomic E-state index is 13.3. The Hall–Kier alpha value is -2.82. The van der Waals surface area contributed by atoms with E-state index >= 15 is 0 Å². The second kappa shape index (κ2) is 7.43. The lowest BCUT2D eigenvalue weighted by molar-refractivity contribution is -0.139. The average molecular weight is 366 g/mol. The number of hydrogen-bond acceptors (Lipinski definition) is 3. The SMILES string of the molecule is Cc1ccc(C)c(N2CCN(c3cc(C)ccc3C)C(CC(=O)O)C2=O)c1. The number of hydrogen-bond donors (Lipinski definition) is 1. The Kier molecular flexibility index (Phi) is 5.22. The third-order valence-corrected chi connectivity index (χ3v) is 5.19. The number of carbonyl (C=O) groups excluding carboxylic acids is 1. The van der Waals surface area contributed by atoms with Crippen molar-refractivity contribution in [3.05, 3.63) is 58.7 Å². The first kappa shape index (κ1) is 19.0. The fourth-order valence-corrected chi connectivity index (χ4v) is 3.72. The molecule has 1 unspecified atom stereocenters.